The van der Waals surface area contributed by atoms with E-state index in [1.54, 1.807) is 30.3 Å². The van der Waals surface area contributed by atoms with E-state index in [2.05, 4.69) is 25.6 Å². The van der Waals surface area contributed by atoms with Crippen LogP contribution in [-0.4, -0.2) is 26.2 Å². The number of hydrogen-bond acceptors (Lipinski definition) is 7. The lowest BCUT2D eigenvalue weighted by atomic mass is 10.1. The summed E-state index contributed by atoms with van der Waals surface area (Å²) >= 11 is 5.87. The molecule has 0 aliphatic carbocycles. The molecule has 9 heteroatoms. The quantitative estimate of drug-likeness (QED) is 0.562. The maximum Gasteiger partial charge on any atom is 0.257 e. The highest BCUT2D eigenvalue weighted by Crippen LogP contribution is 2.19. The van der Waals surface area contributed by atoms with E-state index in [1.165, 1.54) is 6.20 Å². The maximum absolute atomic E-state index is 12.4. The van der Waals surface area contributed by atoms with Crippen LogP contribution in [0.15, 0.2) is 45.6 Å². The third kappa shape index (κ3) is 3.52. The first-order valence-electron chi connectivity index (χ1n) is 8.25. The summed E-state index contributed by atoms with van der Waals surface area (Å²) in [5, 5.41) is 11.9. The number of nitrogens with zero attached hydrogens (tertiary/aromatic N) is 4. The van der Waals surface area contributed by atoms with Crippen LogP contribution >= 0.6 is 11.6 Å². The van der Waals surface area contributed by atoms with Gasteiger partial charge in [0.15, 0.2) is 0 Å². The number of halogens is 1. The van der Waals surface area contributed by atoms with Crippen LogP contribution in [0.5, 0.6) is 0 Å². The molecule has 4 rings (SSSR count). The highest BCUT2D eigenvalue weighted by Gasteiger charge is 2.14. The Morgan fingerprint density at radius 3 is 2.78 bits per heavy atom. The second kappa shape index (κ2) is 7.16. The van der Waals surface area contributed by atoms with Crippen molar-refractivity contribution in [2.24, 2.45) is 0 Å². The summed E-state index contributed by atoms with van der Waals surface area (Å²) in [6.07, 6.45) is 2.13. The number of aromatic nitrogens is 4. The van der Waals surface area contributed by atoms with Crippen molar-refractivity contribution in [3.63, 3.8) is 0 Å². The summed E-state index contributed by atoms with van der Waals surface area (Å²) < 4.78 is 10.3. The lowest BCUT2D eigenvalue weighted by Crippen LogP contribution is -2.23. The van der Waals surface area contributed by atoms with Crippen molar-refractivity contribution in [1.29, 1.82) is 0 Å². The summed E-state index contributed by atoms with van der Waals surface area (Å²) in [6.45, 7) is 2.06. The minimum Gasteiger partial charge on any atom is -0.343 e. The standard InChI is InChI=1S/C18H14ClN5O3/c1-2-14-13-7-11(8-21-18(13)27-23-14)17(25)20-9-15-22-16(24-26-15)10-3-5-12(19)6-4-10/h3-8H,2,9H2,1H3,(H,20,25). The maximum atomic E-state index is 12.4. The highest BCUT2D eigenvalue weighted by molar-refractivity contribution is 6.30. The molecule has 0 aliphatic rings. The fourth-order valence-corrected chi connectivity index (χ4v) is 2.69. The van der Waals surface area contributed by atoms with E-state index in [4.69, 9.17) is 20.6 Å². The van der Waals surface area contributed by atoms with Crippen LogP contribution in [0.3, 0.4) is 0 Å². The molecule has 0 saturated carbocycles. The molecular formula is C18H14ClN5O3. The molecule has 4 aromatic rings. The molecule has 3 aromatic heterocycles. The zero-order valence-corrected chi connectivity index (χ0v) is 15.0. The molecule has 1 amide bonds. The summed E-state index contributed by atoms with van der Waals surface area (Å²) in [6, 6.07) is 8.78. The van der Waals surface area contributed by atoms with Gasteiger partial charge in [-0.25, -0.2) is 4.98 Å². The Morgan fingerprint density at radius 2 is 2.00 bits per heavy atom. The van der Waals surface area contributed by atoms with Gasteiger partial charge in [-0.05, 0) is 36.8 Å². The zero-order valence-electron chi connectivity index (χ0n) is 14.3. The predicted octanol–water partition coefficient (Wildman–Crippen LogP) is 3.42. The molecule has 0 saturated heterocycles. The van der Waals surface area contributed by atoms with Crippen LogP contribution in [0.1, 0.15) is 28.9 Å². The third-order valence-electron chi connectivity index (χ3n) is 3.97. The largest absolute Gasteiger partial charge is 0.343 e. The number of rotatable bonds is 5. The average molecular weight is 384 g/mol. The normalized spacial score (nSPS) is 11.0. The molecule has 0 bridgehead atoms. The van der Waals surface area contributed by atoms with Gasteiger partial charge < -0.3 is 14.4 Å². The fraction of sp³-hybridized carbons (Fsp3) is 0.167. The lowest BCUT2D eigenvalue weighted by molar-refractivity contribution is 0.0946. The average Bonchev–Trinajstić information content (AvgIpc) is 3.33. The molecule has 0 radical (unpaired) electrons. The monoisotopic (exact) mass is 383 g/mol. The molecule has 8 nitrogen and oxygen atoms in total. The number of nitrogens with one attached hydrogen (secondary N) is 1. The van der Waals surface area contributed by atoms with Crippen LogP contribution in [0.2, 0.25) is 5.02 Å². The molecule has 0 unspecified atom stereocenters. The van der Waals surface area contributed by atoms with E-state index in [0.717, 1.165) is 16.6 Å². The second-order valence-electron chi connectivity index (χ2n) is 5.76. The number of fused-ring (bicyclic) bond motifs is 1. The van der Waals surface area contributed by atoms with E-state index in [1.807, 2.05) is 6.92 Å². The van der Waals surface area contributed by atoms with Crippen molar-refractivity contribution in [2.75, 3.05) is 0 Å². The first-order valence-corrected chi connectivity index (χ1v) is 8.63. The van der Waals surface area contributed by atoms with Gasteiger partial charge >= 0.3 is 0 Å². The number of carbonyl (C=O) groups is 1. The Hall–Kier alpha value is -3.26. The second-order valence-corrected chi connectivity index (χ2v) is 6.20. The number of pyridine rings is 1. The van der Waals surface area contributed by atoms with Gasteiger partial charge in [0.1, 0.15) is 0 Å². The first-order chi connectivity index (χ1) is 13.1. The van der Waals surface area contributed by atoms with E-state index in [0.29, 0.717) is 34.4 Å². The predicted molar refractivity (Wildman–Crippen MR) is 97.1 cm³/mol. The van der Waals surface area contributed by atoms with E-state index < -0.39 is 0 Å². The van der Waals surface area contributed by atoms with Crippen LogP contribution < -0.4 is 5.32 Å². The molecule has 1 aromatic carbocycles. The third-order valence-corrected chi connectivity index (χ3v) is 4.22. The minimum absolute atomic E-state index is 0.0989. The minimum atomic E-state index is -0.307. The van der Waals surface area contributed by atoms with Gasteiger partial charge in [-0.3, -0.25) is 4.79 Å². The van der Waals surface area contributed by atoms with E-state index in [-0.39, 0.29) is 12.5 Å². The number of hydrogen-bond donors (Lipinski definition) is 1. The van der Waals surface area contributed by atoms with E-state index in [9.17, 15) is 4.79 Å². The van der Waals surface area contributed by atoms with Gasteiger partial charge in [0, 0.05) is 16.8 Å². The SMILES string of the molecule is CCc1noc2ncc(C(=O)NCc3nc(-c4ccc(Cl)cc4)no3)cc12. The molecule has 136 valence electrons. The Kier molecular flexibility index (Phi) is 4.55. The Balaban J connectivity index is 1.46. The molecule has 0 fully saturated rings. The first kappa shape index (κ1) is 17.2. The smallest absolute Gasteiger partial charge is 0.257 e. The summed E-state index contributed by atoms with van der Waals surface area (Å²) in [5.74, 6) is 0.413. The Morgan fingerprint density at radius 1 is 1.19 bits per heavy atom. The van der Waals surface area contributed by atoms with Gasteiger partial charge in [0.25, 0.3) is 11.6 Å². The van der Waals surface area contributed by atoms with Crippen molar-refractivity contribution in [3.05, 3.63) is 58.7 Å². The highest BCUT2D eigenvalue weighted by atomic mass is 35.5. The van der Waals surface area contributed by atoms with Crippen molar-refractivity contribution in [2.45, 2.75) is 19.9 Å². The van der Waals surface area contributed by atoms with Crippen molar-refractivity contribution >= 4 is 28.6 Å². The summed E-state index contributed by atoms with van der Waals surface area (Å²) in [7, 11) is 0. The molecular weight excluding hydrogens is 370 g/mol. The molecule has 0 atom stereocenters. The molecule has 0 spiro atoms. The van der Waals surface area contributed by atoms with Crippen LogP contribution in [0.4, 0.5) is 0 Å². The Labute approximate surface area is 158 Å². The fourth-order valence-electron chi connectivity index (χ4n) is 2.56. The number of amides is 1. The van der Waals surface area contributed by atoms with E-state index >= 15 is 0 Å². The number of aryl methyl sites for hydroxylation is 1. The summed E-state index contributed by atoms with van der Waals surface area (Å²) in [5.41, 5.74) is 2.34. The van der Waals surface area contributed by atoms with Crippen LogP contribution in [-0.2, 0) is 13.0 Å². The molecule has 27 heavy (non-hydrogen) atoms. The van der Waals surface area contributed by atoms with Crippen molar-refractivity contribution in [1.82, 2.24) is 25.6 Å². The lowest BCUT2D eigenvalue weighted by Gasteiger charge is -2.02. The molecule has 3 heterocycles. The topological polar surface area (TPSA) is 107 Å². The van der Waals surface area contributed by atoms with Gasteiger partial charge in [0.05, 0.1) is 23.2 Å². The van der Waals surface area contributed by atoms with Crippen LogP contribution in [0.25, 0.3) is 22.5 Å². The van der Waals surface area contributed by atoms with Crippen molar-refractivity contribution in [3.8, 4) is 11.4 Å². The number of carbonyl (C=O) groups excluding carboxylic acids is 1. The van der Waals surface area contributed by atoms with Gasteiger partial charge in [-0.1, -0.05) is 28.8 Å². The van der Waals surface area contributed by atoms with Gasteiger partial charge in [-0.15, -0.1) is 0 Å². The molecule has 1 N–H and O–H groups in total. The Bertz CT molecular complexity index is 1100. The van der Waals surface area contributed by atoms with Gasteiger partial charge in [-0.2, -0.15) is 4.98 Å². The van der Waals surface area contributed by atoms with Crippen LogP contribution in [0, 0.1) is 0 Å². The zero-order chi connectivity index (χ0) is 18.8. The number of benzene rings is 1. The van der Waals surface area contributed by atoms with Crippen molar-refractivity contribution < 1.29 is 13.8 Å². The van der Waals surface area contributed by atoms with Gasteiger partial charge in [0.2, 0.25) is 11.7 Å². The molecule has 0 aliphatic heterocycles. The summed E-state index contributed by atoms with van der Waals surface area (Å²) in [4.78, 5) is 20.8.